The van der Waals surface area contributed by atoms with Gasteiger partial charge in [0.15, 0.2) is 24.7 Å². The highest BCUT2D eigenvalue weighted by atomic mass is 35.5. The van der Waals surface area contributed by atoms with Gasteiger partial charge < -0.3 is 23.8 Å². The lowest BCUT2D eigenvalue weighted by molar-refractivity contribution is -0.153. The SMILES string of the molecule is CN(Cc1ccc2c(c1)OCCO2)C(=O)COC(=O)COc1ccc(Cl)cc1. The number of likely N-dealkylation sites (N-methyl/N-ethyl adjacent to an activating group) is 1. The van der Waals surface area contributed by atoms with Gasteiger partial charge in [-0.2, -0.15) is 0 Å². The zero-order chi connectivity index (χ0) is 19.9. The lowest BCUT2D eigenvalue weighted by Gasteiger charge is -2.21. The molecule has 1 aliphatic heterocycles. The van der Waals surface area contributed by atoms with Crippen LogP contribution in [-0.2, 0) is 20.9 Å². The molecule has 0 atom stereocenters. The second-order valence-corrected chi connectivity index (χ2v) is 6.57. The molecular weight excluding hydrogens is 386 g/mol. The summed E-state index contributed by atoms with van der Waals surface area (Å²) in [5.41, 5.74) is 0.887. The fourth-order valence-corrected chi connectivity index (χ4v) is 2.64. The average Bonchev–Trinajstić information content (AvgIpc) is 2.71. The summed E-state index contributed by atoms with van der Waals surface area (Å²) >= 11 is 5.78. The molecule has 1 aliphatic rings. The van der Waals surface area contributed by atoms with Crippen molar-refractivity contribution in [1.29, 1.82) is 0 Å². The minimum atomic E-state index is -0.629. The molecule has 7 nitrogen and oxygen atoms in total. The maximum Gasteiger partial charge on any atom is 0.344 e. The summed E-state index contributed by atoms with van der Waals surface area (Å²) < 4.78 is 21.3. The number of ether oxygens (including phenoxy) is 4. The number of rotatable bonds is 7. The van der Waals surface area contributed by atoms with E-state index in [1.54, 1.807) is 31.3 Å². The molecule has 2 aromatic carbocycles. The number of amides is 1. The van der Waals surface area contributed by atoms with Gasteiger partial charge in [0.1, 0.15) is 19.0 Å². The fourth-order valence-electron chi connectivity index (χ4n) is 2.52. The zero-order valence-corrected chi connectivity index (χ0v) is 16.1. The molecule has 0 radical (unpaired) electrons. The smallest absolute Gasteiger partial charge is 0.344 e. The molecule has 148 valence electrons. The van der Waals surface area contributed by atoms with Gasteiger partial charge in [-0.25, -0.2) is 4.79 Å². The Morgan fingerprint density at radius 3 is 2.50 bits per heavy atom. The van der Waals surface area contributed by atoms with E-state index in [0.29, 0.717) is 42.0 Å². The quantitative estimate of drug-likeness (QED) is 0.659. The van der Waals surface area contributed by atoms with Crippen LogP contribution in [-0.4, -0.2) is 50.3 Å². The van der Waals surface area contributed by atoms with Gasteiger partial charge in [-0.3, -0.25) is 4.79 Å². The molecule has 0 unspecified atom stereocenters. The van der Waals surface area contributed by atoms with E-state index < -0.39 is 5.97 Å². The normalized spacial score (nSPS) is 12.2. The molecule has 0 aromatic heterocycles. The summed E-state index contributed by atoms with van der Waals surface area (Å²) in [5, 5.41) is 0.571. The van der Waals surface area contributed by atoms with E-state index in [1.165, 1.54) is 4.90 Å². The highest BCUT2D eigenvalue weighted by Crippen LogP contribution is 2.31. The number of carbonyl (C=O) groups excluding carboxylic acids is 2. The molecule has 28 heavy (non-hydrogen) atoms. The van der Waals surface area contributed by atoms with Crippen molar-refractivity contribution in [3.63, 3.8) is 0 Å². The topological polar surface area (TPSA) is 74.3 Å². The highest BCUT2D eigenvalue weighted by Gasteiger charge is 2.16. The van der Waals surface area contributed by atoms with Gasteiger partial charge in [0.05, 0.1) is 0 Å². The number of benzene rings is 2. The number of nitrogens with zero attached hydrogens (tertiary/aromatic N) is 1. The van der Waals surface area contributed by atoms with Crippen LogP contribution < -0.4 is 14.2 Å². The van der Waals surface area contributed by atoms with E-state index in [9.17, 15) is 9.59 Å². The minimum Gasteiger partial charge on any atom is -0.486 e. The van der Waals surface area contributed by atoms with Crippen LogP contribution in [0, 0.1) is 0 Å². The average molecular weight is 406 g/mol. The molecule has 1 amide bonds. The maximum absolute atomic E-state index is 12.2. The van der Waals surface area contributed by atoms with Crippen LogP contribution in [0.2, 0.25) is 5.02 Å². The van der Waals surface area contributed by atoms with Crippen LogP contribution >= 0.6 is 11.6 Å². The summed E-state index contributed by atoms with van der Waals surface area (Å²) in [5.74, 6) is 0.892. The summed E-state index contributed by atoms with van der Waals surface area (Å²) in [4.78, 5) is 25.4. The van der Waals surface area contributed by atoms with E-state index in [4.69, 9.17) is 30.5 Å². The lowest BCUT2D eigenvalue weighted by atomic mass is 10.2. The van der Waals surface area contributed by atoms with Gasteiger partial charge in [0.2, 0.25) is 0 Å². The van der Waals surface area contributed by atoms with Crippen molar-refractivity contribution >= 4 is 23.5 Å². The first-order valence-corrected chi connectivity index (χ1v) is 9.05. The Bertz CT molecular complexity index is 839. The number of hydrogen-bond donors (Lipinski definition) is 0. The summed E-state index contributed by atoms with van der Waals surface area (Å²) in [6.45, 7) is 0.732. The van der Waals surface area contributed by atoms with Crippen LogP contribution in [0.25, 0.3) is 0 Å². The minimum absolute atomic E-state index is 0.291. The van der Waals surface area contributed by atoms with Crippen LogP contribution in [0.4, 0.5) is 0 Å². The van der Waals surface area contributed by atoms with Crippen molar-refractivity contribution in [2.24, 2.45) is 0 Å². The monoisotopic (exact) mass is 405 g/mol. The number of hydrogen-bond acceptors (Lipinski definition) is 6. The molecule has 8 heteroatoms. The number of carbonyl (C=O) groups is 2. The molecule has 0 fully saturated rings. The Balaban J connectivity index is 1.42. The largest absolute Gasteiger partial charge is 0.486 e. The number of halogens is 1. The van der Waals surface area contributed by atoms with Crippen LogP contribution in [0.3, 0.4) is 0 Å². The predicted molar refractivity (Wildman–Crippen MR) is 102 cm³/mol. The molecule has 0 saturated carbocycles. The summed E-state index contributed by atoms with van der Waals surface area (Å²) in [7, 11) is 1.64. The molecule has 0 N–H and O–H groups in total. The molecular formula is C20H20ClNO6. The van der Waals surface area contributed by atoms with E-state index >= 15 is 0 Å². The van der Waals surface area contributed by atoms with Gasteiger partial charge in [-0.1, -0.05) is 17.7 Å². The van der Waals surface area contributed by atoms with Gasteiger partial charge >= 0.3 is 5.97 Å². The molecule has 1 heterocycles. The van der Waals surface area contributed by atoms with Crippen molar-refractivity contribution in [2.75, 3.05) is 33.5 Å². The highest BCUT2D eigenvalue weighted by molar-refractivity contribution is 6.30. The van der Waals surface area contributed by atoms with E-state index in [-0.39, 0.29) is 19.1 Å². The maximum atomic E-state index is 12.2. The number of fused-ring (bicyclic) bond motifs is 1. The van der Waals surface area contributed by atoms with Gasteiger partial charge in [-0.05, 0) is 42.0 Å². The summed E-state index contributed by atoms with van der Waals surface area (Å²) in [6.07, 6.45) is 0. The van der Waals surface area contributed by atoms with E-state index in [2.05, 4.69) is 0 Å². The second kappa shape index (κ2) is 9.32. The Hall–Kier alpha value is -2.93. The molecule has 0 bridgehead atoms. The molecule has 0 spiro atoms. The predicted octanol–water partition coefficient (Wildman–Crippen LogP) is 2.69. The molecule has 3 rings (SSSR count). The van der Waals surface area contributed by atoms with Crippen molar-refractivity contribution < 1.29 is 28.5 Å². The van der Waals surface area contributed by atoms with Crippen molar-refractivity contribution in [3.05, 3.63) is 53.1 Å². The van der Waals surface area contributed by atoms with Gasteiger partial charge in [-0.15, -0.1) is 0 Å². The Morgan fingerprint density at radius 2 is 1.75 bits per heavy atom. The van der Waals surface area contributed by atoms with Crippen molar-refractivity contribution in [1.82, 2.24) is 4.90 Å². The fraction of sp³-hybridized carbons (Fsp3) is 0.300. The van der Waals surface area contributed by atoms with E-state index in [0.717, 1.165) is 5.56 Å². The van der Waals surface area contributed by atoms with Crippen molar-refractivity contribution in [2.45, 2.75) is 6.54 Å². The lowest BCUT2D eigenvalue weighted by Crippen LogP contribution is -2.31. The zero-order valence-electron chi connectivity index (χ0n) is 15.4. The standard InChI is InChI=1S/C20H20ClNO6/c1-22(11-14-2-7-17-18(10-14)26-9-8-25-17)19(23)12-28-20(24)13-27-16-5-3-15(21)4-6-16/h2-7,10H,8-9,11-13H2,1H3. The van der Waals surface area contributed by atoms with Crippen molar-refractivity contribution in [3.8, 4) is 17.2 Å². The second-order valence-electron chi connectivity index (χ2n) is 6.13. The Kier molecular flexibility index (Phi) is 6.60. The summed E-state index contributed by atoms with van der Waals surface area (Å²) in [6, 6.07) is 12.1. The Labute approximate surface area is 167 Å². The third-order valence-corrected chi connectivity index (χ3v) is 4.23. The first-order chi connectivity index (χ1) is 13.5. The molecule has 2 aromatic rings. The van der Waals surface area contributed by atoms with Crippen LogP contribution in [0.1, 0.15) is 5.56 Å². The van der Waals surface area contributed by atoms with Gasteiger partial charge in [0.25, 0.3) is 5.91 Å². The first kappa shape index (κ1) is 19.8. The van der Waals surface area contributed by atoms with Crippen LogP contribution in [0.5, 0.6) is 17.2 Å². The first-order valence-electron chi connectivity index (χ1n) is 8.68. The number of esters is 1. The van der Waals surface area contributed by atoms with Crippen LogP contribution in [0.15, 0.2) is 42.5 Å². The molecule has 0 saturated heterocycles. The third-order valence-electron chi connectivity index (χ3n) is 3.98. The Morgan fingerprint density at radius 1 is 1.04 bits per heavy atom. The molecule has 0 aliphatic carbocycles. The van der Waals surface area contributed by atoms with E-state index in [1.807, 2.05) is 18.2 Å². The third kappa shape index (κ3) is 5.53. The van der Waals surface area contributed by atoms with Gasteiger partial charge in [0, 0.05) is 18.6 Å².